The zero-order chi connectivity index (χ0) is 11.5. The van der Waals surface area contributed by atoms with E-state index in [-0.39, 0.29) is 0 Å². The average molecular weight is 233 g/mol. The van der Waals surface area contributed by atoms with Crippen LogP contribution in [0.25, 0.3) is 5.69 Å². The van der Waals surface area contributed by atoms with Gasteiger partial charge in [-0.2, -0.15) is 5.26 Å². The first kappa shape index (κ1) is 10.7. The minimum Gasteiger partial charge on any atom is -0.325 e. The van der Waals surface area contributed by atoms with Crippen LogP contribution in [0.1, 0.15) is 11.3 Å². The van der Waals surface area contributed by atoms with E-state index in [1.54, 1.807) is 24.7 Å². The van der Waals surface area contributed by atoms with Gasteiger partial charge in [-0.05, 0) is 18.2 Å². The highest BCUT2D eigenvalue weighted by Gasteiger charge is 2.05. The molecule has 4 nitrogen and oxygen atoms in total. The number of rotatable bonds is 2. The Morgan fingerprint density at radius 3 is 2.94 bits per heavy atom. The molecule has 0 spiro atoms. The smallest absolute Gasteiger partial charge is 0.101 e. The Kier molecular flexibility index (Phi) is 2.91. The fourth-order valence-corrected chi connectivity index (χ4v) is 1.67. The topological polar surface area (TPSA) is 67.6 Å². The lowest BCUT2D eigenvalue weighted by atomic mass is 10.2. The molecule has 0 aliphatic carbocycles. The summed E-state index contributed by atoms with van der Waals surface area (Å²) in [7, 11) is 0. The second kappa shape index (κ2) is 4.35. The molecule has 0 aliphatic rings. The maximum Gasteiger partial charge on any atom is 0.101 e. The number of aromatic nitrogens is 2. The van der Waals surface area contributed by atoms with Crippen molar-refractivity contribution in [1.29, 1.82) is 5.26 Å². The van der Waals surface area contributed by atoms with Gasteiger partial charge in [0.05, 0.1) is 22.6 Å². The van der Waals surface area contributed by atoms with E-state index in [0.29, 0.717) is 17.1 Å². The zero-order valence-corrected chi connectivity index (χ0v) is 9.15. The molecule has 16 heavy (non-hydrogen) atoms. The van der Waals surface area contributed by atoms with Gasteiger partial charge in [-0.3, -0.25) is 0 Å². The summed E-state index contributed by atoms with van der Waals surface area (Å²) in [5.41, 5.74) is 7.78. The summed E-state index contributed by atoms with van der Waals surface area (Å²) in [6.45, 7) is 0.400. The molecule has 0 saturated heterocycles. The van der Waals surface area contributed by atoms with E-state index in [9.17, 15) is 0 Å². The Bertz CT molecular complexity index is 553. The molecule has 0 bridgehead atoms. The van der Waals surface area contributed by atoms with E-state index in [1.807, 2.05) is 16.7 Å². The van der Waals surface area contributed by atoms with Crippen molar-refractivity contribution >= 4 is 11.6 Å². The average Bonchev–Trinajstić information content (AvgIpc) is 2.77. The minimum atomic E-state index is 0.400. The summed E-state index contributed by atoms with van der Waals surface area (Å²) in [4.78, 5) is 4.02. The van der Waals surface area contributed by atoms with E-state index in [0.717, 1.165) is 11.4 Å². The van der Waals surface area contributed by atoms with Crippen LogP contribution in [-0.2, 0) is 6.54 Å². The summed E-state index contributed by atoms with van der Waals surface area (Å²) in [6, 6.07) is 7.23. The monoisotopic (exact) mass is 232 g/mol. The van der Waals surface area contributed by atoms with Crippen LogP contribution in [0, 0.1) is 11.3 Å². The third-order valence-electron chi connectivity index (χ3n) is 2.28. The summed E-state index contributed by atoms with van der Waals surface area (Å²) in [6.07, 6.45) is 3.37. The number of hydrogen-bond acceptors (Lipinski definition) is 3. The quantitative estimate of drug-likeness (QED) is 0.859. The molecule has 1 heterocycles. The normalized spacial score (nSPS) is 10.1. The van der Waals surface area contributed by atoms with Gasteiger partial charge < -0.3 is 10.3 Å². The number of hydrogen-bond donors (Lipinski definition) is 1. The van der Waals surface area contributed by atoms with E-state index in [1.165, 1.54) is 0 Å². The van der Waals surface area contributed by atoms with Gasteiger partial charge >= 0.3 is 0 Å². The van der Waals surface area contributed by atoms with E-state index < -0.39 is 0 Å². The molecular formula is C11H9ClN4. The van der Waals surface area contributed by atoms with Crippen molar-refractivity contribution in [3.8, 4) is 11.8 Å². The highest BCUT2D eigenvalue weighted by molar-refractivity contribution is 6.31. The molecule has 0 radical (unpaired) electrons. The number of halogens is 1. The SMILES string of the molecule is N#Cc1ccc(-n2cncc2CN)cc1Cl. The molecule has 0 aliphatic heterocycles. The van der Waals surface area contributed by atoms with Crippen molar-refractivity contribution < 1.29 is 0 Å². The van der Waals surface area contributed by atoms with Crippen LogP contribution in [0.4, 0.5) is 0 Å². The van der Waals surface area contributed by atoms with Crippen LogP contribution in [0.15, 0.2) is 30.7 Å². The highest BCUT2D eigenvalue weighted by atomic mass is 35.5. The van der Waals surface area contributed by atoms with Crippen LogP contribution in [0.2, 0.25) is 5.02 Å². The maximum atomic E-state index is 8.77. The van der Waals surface area contributed by atoms with Crippen molar-refractivity contribution in [2.75, 3.05) is 0 Å². The zero-order valence-electron chi connectivity index (χ0n) is 8.39. The van der Waals surface area contributed by atoms with Crippen LogP contribution < -0.4 is 5.73 Å². The van der Waals surface area contributed by atoms with Gasteiger partial charge in [-0.15, -0.1) is 0 Å². The first-order valence-electron chi connectivity index (χ1n) is 4.67. The number of nitriles is 1. The lowest BCUT2D eigenvalue weighted by molar-refractivity contribution is 0.910. The Morgan fingerprint density at radius 1 is 1.50 bits per heavy atom. The van der Waals surface area contributed by atoms with Gasteiger partial charge in [-0.25, -0.2) is 4.98 Å². The molecule has 0 fully saturated rings. The lowest BCUT2D eigenvalue weighted by Gasteiger charge is -2.07. The summed E-state index contributed by atoms with van der Waals surface area (Å²) in [5, 5.41) is 9.19. The predicted molar refractivity (Wildman–Crippen MR) is 61.2 cm³/mol. The standard InChI is InChI=1S/C11H9ClN4/c12-11-3-9(2-1-8(11)4-13)16-7-15-6-10(16)5-14/h1-3,6-7H,5,14H2. The molecule has 1 aromatic heterocycles. The van der Waals surface area contributed by atoms with Crippen LogP contribution >= 0.6 is 11.6 Å². The summed E-state index contributed by atoms with van der Waals surface area (Å²) >= 11 is 5.95. The predicted octanol–water partition coefficient (Wildman–Crippen LogP) is 1.86. The molecule has 2 rings (SSSR count). The van der Waals surface area contributed by atoms with Crippen molar-refractivity contribution in [3.63, 3.8) is 0 Å². The molecule has 1 aromatic carbocycles. The van der Waals surface area contributed by atoms with Crippen LogP contribution in [-0.4, -0.2) is 9.55 Å². The molecule has 80 valence electrons. The van der Waals surface area contributed by atoms with E-state index in [4.69, 9.17) is 22.6 Å². The highest BCUT2D eigenvalue weighted by Crippen LogP contribution is 2.20. The Morgan fingerprint density at radius 2 is 2.31 bits per heavy atom. The summed E-state index contributed by atoms with van der Waals surface area (Å²) in [5.74, 6) is 0. The van der Waals surface area contributed by atoms with Gasteiger partial charge in [0, 0.05) is 18.4 Å². The maximum absolute atomic E-state index is 8.77. The first-order valence-corrected chi connectivity index (χ1v) is 5.05. The van der Waals surface area contributed by atoms with Crippen molar-refractivity contribution in [1.82, 2.24) is 9.55 Å². The van der Waals surface area contributed by atoms with Gasteiger partial charge in [0.2, 0.25) is 0 Å². The van der Waals surface area contributed by atoms with Gasteiger partial charge in [-0.1, -0.05) is 11.6 Å². The first-order chi connectivity index (χ1) is 7.76. The molecule has 0 saturated carbocycles. The van der Waals surface area contributed by atoms with Crippen molar-refractivity contribution in [2.24, 2.45) is 5.73 Å². The number of nitrogens with two attached hydrogens (primary N) is 1. The summed E-state index contributed by atoms with van der Waals surface area (Å²) < 4.78 is 1.84. The number of benzene rings is 1. The lowest BCUT2D eigenvalue weighted by Crippen LogP contribution is -2.04. The fraction of sp³-hybridized carbons (Fsp3) is 0.0909. The van der Waals surface area contributed by atoms with Crippen LogP contribution in [0.3, 0.4) is 0 Å². The molecule has 5 heteroatoms. The largest absolute Gasteiger partial charge is 0.325 e. The van der Waals surface area contributed by atoms with Gasteiger partial charge in [0.1, 0.15) is 6.07 Å². The molecule has 2 N–H and O–H groups in total. The third kappa shape index (κ3) is 1.78. The minimum absolute atomic E-state index is 0.400. The Labute approximate surface area is 97.9 Å². The van der Waals surface area contributed by atoms with Gasteiger partial charge in [0.15, 0.2) is 0 Å². The fourth-order valence-electron chi connectivity index (χ4n) is 1.45. The van der Waals surface area contributed by atoms with E-state index >= 15 is 0 Å². The van der Waals surface area contributed by atoms with Crippen molar-refractivity contribution in [2.45, 2.75) is 6.54 Å². The van der Waals surface area contributed by atoms with Gasteiger partial charge in [0.25, 0.3) is 0 Å². The molecular weight excluding hydrogens is 224 g/mol. The number of imidazole rings is 1. The molecule has 0 atom stereocenters. The molecule has 2 aromatic rings. The third-order valence-corrected chi connectivity index (χ3v) is 2.59. The Hall–Kier alpha value is -1.83. The number of nitrogens with zero attached hydrogens (tertiary/aromatic N) is 3. The molecule has 0 amide bonds. The molecule has 0 unspecified atom stereocenters. The second-order valence-corrected chi connectivity index (χ2v) is 3.64. The van der Waals surface area contributed by atoms with Crippen LogP contribution in [0.5, 0.6) is 0 Å². The van der Waals surface area contributed by atoms with Crippen molar-refractivity contribution in [3.05, 3.63) is 47.0 Å². The second-order valence-electron chi connectivity index (χ2n) is 3.24. The van der Waals surface area contributed by atoms with E-state index in [2.05, 4.69) is 4.98 Å². The Balaban J connectivity index is 2.50.